The van der Waals surface area contributed by atoms with Crippen LogP contribution in [0.4, 0.5) is 11.4 Å². The van der Waals surface area contributed by atoms with Crippen molar-refractivity contribution in [2.24, 2.45) is 0 Å². The Morgan fingerprint density at radius 2 is 2.22 bits per heavy atom. The summed E-state index contributed by atoms with van der Waals surface area (Å²) < 4.78 is 17.7. The Morgan fingerprint density at radius 1 is 1.33 bits per heavy atom. The smallest absolute Gasteiger partial charge is 0.255 e. The fraction of sp³-hybridized carbons (Fsp3) is 0.385. The van der Waals surface area contributed by atoms with E-state index in [4.69, 9.17) is 25.8 Å². The maximum Gasteiger partial charge on any atom is 0.255 e. The van der Waals surface area contributed by atoms with Crippen LogP contribution in [0, 0.1) is 0 Å². The molecule has 1 amide bonds. The second kappa shape index (κ2) is 9.31. The second-order valence-corrected chi connectivity index (χ2v) is 9.88. The highest BCUT2D eigenvalue weighted by Gasteiger charge is 2.48. The van der Waals surface area contributed by atoms with Crippen LogP contribution in [-0.2, 0) is 4.74 Å². The summed E-state index contributed by atoms with van der Waals surface area (Å²) in [5, 5.41) is 7.02. The molecule has 2 aromatic heterocycles. The van der Waals surface area contributed by atoms with Crippen LogP contribution >= 0.6 is 11.6 Å². The van der Waals surface area contributed by atoms with Crippen LogP contribution in [-0.4, -0.2) is 73.4 Å². The van der Waals surface area contributed by atoms with Crippen molar-refractivity contribution in [1.82, 2.24) is 20.2 Å². The molecule has 9 nitrogen and oxygen atoms in total. The number of likely N-dealkylation sites (N-methyl/N-ethyl adjacent to an activating group) is 1. The number of para-hydroxylation sites is 1. The number of ether oxygens (including phenoxy) is 3. The third-order valence-corrected chi connectivity index (χ3v) is 7.28. The summed E-state index contributed by atoms with van der Waals surface area (Å²) in [6.07, 6.45) is 4.31. The normalized spacial score (nSPS) is 22.9. The van der Waals surface area contributed by atoms with E-state index in [0.29, 0.717) is 46.7 Å². The van der Waals surface area contributed by atoms with Crippen molar-refractivity contribution in [1.29, 1.82) is 0 Å². The van der Waals surface area contributed by atoms with E-state index in [1.807, 2.05) is 18.2 Å². The van der Waals surface area contributed by atoms with E-state index in [-0.39, 0.29) is 24.0 Å². The molecule has 1 aliphatic carbocycles. The Balaban J connectivity index is 1.40. The van der Waals surface area contributed by atoms with Gasteiger partial charge < -0.3 is 34.7 Å². The number of nitrogens with one attached hydrogen (secondary N) is 3. The van der Waals surface area contributed by atoms with Gasteiger partial charge in [0.2, 0.25) is 0 Å². The minimum atomic E-state index is -0.107. The summed E-state index contributed by atoms with van der Waals surface area (Å²) in [6.45, 7) is 2.80. The number of hydrogen-bond donors (Lipinski definition) is 3. The predicted molar refractivity (Wildman–Crippen MR) is 137 cm³/mol. The molecule has 2 fully saturated rings. The van der Waals surface area contributed by atoms with E-state index in [2.05, 4.69) is 32.5 Å². The van der Waals surface area contributed by atoms with Gasteiger partial charge in [-0.25, -0.2) is 0 Å². The molecule has 3 atom stereocenters. The lowest BCUT2D eigenvalue weighted by molar-refractivity contribution is -0.0403. The number of H-pyrrole nitrogens is 1. The predicted octanol–water partition coefficient (Wildman–Crippen LogP) is 3.79. The maximum atomic E-state index is 13.2. The summed E-state index contributed by atoms with van der Waals surface area (Å²) >= 11 is 6.38. The summed E-state index contributed by atoms with van der Waals surface area (Å²) in [7, 11) is 3.65. The van der Waals surface area contributed by atoms with Crippen LogP contribution in [0.3, 0.4) is 0 Å². The minimum Gasteiger partial charge on any atom is -0.493 e. The molecular formula is C26H28ClN5O4. The first-order chi connectivity index (χ1) is 17.5. The van der Waals surface area contributed by atoms with Gasteiger partial charge in [0.25, 0.3) is 5.91 Å². The number of rotatable bonds is 7. The number of methoxy groups -OCH3 is 1. The van der Waals surface area contributed by atoms with Gasteiger partial charge in [-0.05, 0) is 31.7 Å². The van der Waals surface area contributed by atoms with E-state index >= 15 is 0 Å². The van der Waals surface area contributed by atoms with Crippen LogP contribution < -0.4 is 20.1 Å². The van der Waals surface area contributed by atoms with Crippen molar-refractivity contribution >= 4 is 28.9 Å². The largest absolute Gasteiger partial charge is 0.493 e. The van der Waals surface area contributed by atoms with Gasteiger partial charge >= 0.3 is 0 Å². The standard InChI is InChI=1S/C26H28ClN5O4/c1-32-8-9-35-14(12-32)13-36-20-11-28-7-6-15(20)23-24(29-18-5-3-4-17(27)25(18)34-2)21-22(31-23)16-10-19(16)30-26(21)33/h3-7,11,14,16,19,29,31H,8-10,12-13H2,1-2H3,(H,30,33). The molecule has 0 bridgehead atoms. The molecule has 1 aromatic carbocycles. The van der Waals surface area contributed by atoms with E-state index in [9.17, 15) is 4.79 Å². The van der Waals surface area contributed by atoms with Crippen molar-refractivity contribution in [2.75, 3.05) is 45.8 Å². The van der Waals surface area contributed by atoms with Crippen molar-refractivity contribution < 1.29 is 19.0 Å². The zero-order valence-electron chi connectivity index (χ0n) is 20.1. The van der Waals surface area contributed by atoms with Crippen LogP contribution in [0.15, 0.2) is 36.7 Å². The first-order valence-corrected chi connectivity index (χ1v) is 12.4. The Labute approximate surface area is 214 Å². The average Bonchev–Trinajstić information content (AvgIpc) is 3.55. The van der Waals surface area contributed by atoms with Crippen molar-refractivity contribution in [3.05, 3.63) is 52.9 Å². The highest BCUT2D eigenvalue weighted by Crippen LogP contribution is 2.51. The molecule has 1 saturated heterocycles. The number of benzene rings is 1. The van der Waals surface area contributed by atoms with Gasteiger partial charge in [-0.2, -0.15) is 0 Å². The number of fused-ring (bicyclic) bond motifs is 3. The number of halogens is 1. The molecule has 3 N–H and O–H groups in total. The van der Waals surface area contributed by atoms with E-state index in [1.54, 1.807) is 25.6 Å². The van der Waals surface area contributed by atoms with Gasteiger partial charge in [0.1, 0.15) is 18.5 Å². The number of aromatic nitrogens is 2. The van der Waals surface area contributed by atoms with Crippen molar-refractivity contribution in [3.63, 3.8) is 0 Å². The summed E-state index contributed by atoms with van der Waals surface area (Å²) in [6, 6.07) is 7.54. The molecule has 0 radical (unpaired) electrons. The molecule has 1 saturated carbocycles. The Hall–Kier alpha value is -3.27. The SMILES string of the molecule is COc1c(Cl)cccc1Nc1c(-c2ccncc2OCC2CN(C)CCO2)[nH]c2c1C(=O)NC1CC21. The molecule has 188 valence electrons. The first-order valence-electron chi connectivity index (χ1n) is 12.1. The van der Waals surface area contributed by atoms with Gasteiger partial charge in [-0.1, -0.05) is 17.7 Å². The van der Waals surface area contributed by atoms with Gasteiger partial charge in [0.05, 0.1) is 47.6 Å². The highest BCUT2D eigenvalue weighted by atomic mass is 35.5. The lowest BCUT2D eigenvalue weighted by atomic mass is 10.0. The number of anilines is 2. The monoisotopic (exact) mass is 509 g/mol. The Kier molecular flexibility index (Phi) is 5.99. The molecule has 3 aromatic rings. The van der Waals surface area contributed by atoms with E-state index in [1.165, 1.54) is 0 Å². The molecule has 3 unspecified atom stereocenters. The number of amides is 1. The second-order valence-electron chi connectivity index (χ2n) is 9.47. The number of carbonyl (C=O) groups is 1. The highest BCUT2D eigenvalue weighted by molar-refractivity contribution is 6.32. The number of nitrogens with zero attached hydrogens (tertiary/aromatic N) is 2. The lowest BCUT2D eigenvalue weighted by Crippen LogP contribution is -2.42. The fourth-order valence-corrected chi connectivity index (χ4v) is 5.33. The van der Waals surface area contributed by atoms with Crippen molar-refractivity contribution in [2.45, 2.75) is 24.5 Å². The maximum absolute atomic E-state index is 13.2. The zero-order chi connectivity index (χ0) is 24.8. The zero-order valence-corrected chi connectivity index (χ0v) is 20.9. The summed E-state index contributed by atoms with van der Waals surface area (Å²) in [4.78, 5) is 23.2. The molecule has 2 aliphatic heterocycles. The number of morpholine rings is 1. The quantitative estimate of drug-likeness (QED) is 0.445. The number of aromatic amines is 1. The van der Waals surface area contributed by atoms with E-state index in [0.717, 1.165) is 36.5 Å². The van der Waals surface area contributed by atoms with Crippen LogP contribution in [0.5, 0.6) is 11.5 Å². The minimum absolute atomic E-state index is 0.0278. The van der Waals surface area contributed by atoms with Gasteiger partial charge in [0, 0.05) is 42.5 Å². The number of carbonyl (C=O) groups excluding carboxylic acids is 1. The van der Waals surface area contributed by atoms with Crippen LogP contribution in [0.2, 0.25) is 5.02 Å². The molecule has 0 spiro atoms. The molecule has 3 aliphatic rings. The third kappa shape index (κ3) is 4.17. The van der Waals surface area contributed by atoms with Gasteiger partial charge in [0.15, 0.2) is 5.75 Å². The molecule has 10 heteroatoms. The van der Waals surface area contributed by atoms with Crippen LogP contribution in [0.1, 0.15) is 28.4 Å². The fourth-order valence-electron chi connectivity index (χ4n) is 5.08. The molecule has 36 heavy (non-hydrogen) atoms. The molecule has 6 rings (SSSR count). The summed E-state index contributed by atoms with van der Waals surface area (Å²) in [5.41, 5.74) is 4.40. The number of pyridine rings is 1. The van der Waals surface area contributed by atoms with Crippen molar-refractivity contribution in [3.8, 4) is 22.8 Å². The number of hydrogen-bond acceptors (Lipinski definition) is 7. The van der Waals surface area contributed by atoms with Crippen LogP contribution in [0.25, 0.3) is 11.3 Å². The van der Waals surface area contributed by atoms with Gasteiger partial charge in [-0.15, -0.1) is 0 Å². The molecule has 4 heterocycles. The Morgan fingerprint density at radius 3 is 3.06 bits per heavy atom. The van der Waals surface area contributed by atoms with E-state index < -0.39 is 0 Å². The third-order valence-electron chi connectivity index (χ3n) is 6.99. The molecular weight excluding hydrogens is 482 g/mol. The topological polar surface area (TPSA) is 101 Å². The summed E-state index contributed by atoms with van der Waals surface area (Å²) in [5.74, 6) is 1.28. The lowest BCUT2D eigenvalue weighted by Gasteiger charge is -2.30. The average molecular weight is 510 g/mol. The van der Waals surface area contributed by atoms with Gasteiger partial charge in [-0.3, -0.25) is 9.78 Å². The first kappa shape index (κ1) is 23.1. The Bertz CT molecular complexity index is 1310.